The normalized spacial score (nSPS) is 11.3. The molecule has 0 saturated heterocycles. The van der Waals surface area contributed by atoms with Crippen molar-refractivity contribution >= 4 is 29.9 Å². The summed E-state index contributed by atoms with van der Waals surface area (Å²) in [4.78, 5) is 11.6. The number of carbonyl (C=O) groups excluding carboxylic acids is 1. The van der Waals surface area contributed by atoms with Gasteiger partial charge in [-0.05, 0) is 23.3 Å². The highest BCUT2D eigenvalue weighted by molar-refractivity contribution is 6.30. The van der Waals surface area contributed by atoms with Gasteiger partial charge in [0.2, 0.25) is 5.91 Å². The molecular formula is C15H16Cl2N2O. The van der Waals surface area contributed by atoms with Gasteiger partial charge in [0.1, 0.15) is 0 Å². The van der Waals surface area contributed by atoms with Crippen LogP contribution in [0.3, 0.4) is 0 Å². The molecule has 0 heterocycles. The van der Waals surface area contributed by atoms with Gasteiger partial charge in [0.15, 0.2) is 0 Å². The van der Waals surface area contributed by atoms with Gasteiger partial charge in [0.05, 0.1) is 12.6 Å². The molecule has 0 aromatic heterocycles. The lowest BCUT2D eigenvalue weighted by molar-refractivity contribution is -0.120. The summed E-state index contributed by atoms with van der Waals surface area (Å²) >= 11 is 5.89. The predicted octanol–water partition coefficient (Wildman–Crippen LogP) is 2.93. The average Bonchev–Trinajstić information content (AvgIpc) is 2.46. The average molecular weight is 311 g/mol. The Morgan fingerprint density at radius 2 is 1.60 bits per heavy atom. The van der Waals surface area contributed by atoms with Crippen LogP contribution in [0.25, 0.3) is 0 Å². The zero-order valence-electron chi connectivity index (χ0n) is 10.8. The molecule has 5 heteroatoms. The molecule has 106 valence electrons. The van der Waals surface area contributed by atoms with Gasteiger partial charge in [0.25, 0.3) is 0 Å². The third-order valence-electron chi connectivity index (χ3n) is 2.83. The van der Waals surface area contributed by atoms with Gasteiger partial charge in [0, 0.05) is 5.02 Å². The molecule has 0 aliphatic rings. The van der Waals surface area contributed by atoms with Gasteiger partial charge in [-0.2, -0.15) is 0 Å². The smallest absolute Gasteiger partial charge is 0.234 e. The lowest BCUT2D eigenvalue weighted by Gasteiger charge is -2.19. The van der Waals surface area contributed by atoms with Crippen LogP contribution in [0, 0.1) is 0 Å². The van der Waals surface area contributed by atoms with Crippen LogP contribution in [-0.4, -0.2) is 12.5 Å². The van der Waals surface area contributed by atoms with Crippen molar-refractivity contribution in [3.05, 3.63) is 70.7 Å². The monoisotopic (exact) mass is 310 g/mol. The number of rotatable bonds is 4. The van der Waals surface area contributed by atoms with E-state index in [1.54, 1.807) is 12.1 Å². The Labute approximate surface area is 129 Å². The summed E-state index contributed by atoms with van der Waals surface area (Å²) in [5.41, 5.74) is 7.34. The lowest BCUT2D eigenvalue weighted by atomic mass is 9.99. The molecule has 0 aliphatic carbocycles. The van der Waals surface area contributed by atoms with Crippen molar-refractivity contribution in [3.63, 3.8) is 0 Å². The summed E-state index contributed by atoms with van der Waals surface area (Å²) in [7, 11) is 0. The highest BCUT2D eigenvalue weighted by atomic mass is 35.5. The van der Waals surface area contributed by atoms with Crippen molar-refractivity contribution in [3.8, 4) is 0 Å². The largest absolute Gasteiger partial charge is 0.344 e. The lowest BCUT2D eigenvalue weighted by Crippen LogP contribution is -2.34. The molecule has 0 radical (unpaired) electrons. The van der Waals surface area contributed by atoms with E-state index in [9.17, 15) is 4.79 Å². The van der Waals surface area contributed by atoms with Crippen LogP contribution >= 0.6 is 24.0 Å². The van der Waals surface area contributed by atoms with E-state index in [2.05, 4.69) is 5.32 Å². The molecule has 3 N–H and O–H groups in total. The minimum absolute atomic E-state index is 0. The highest BCUT2D eigenvalue weighted by Gasteiger charge is 2.15. The summed E-state index contributed by atoms with van der Waals surface area (Å²) in [5.74, 6) is -0.191. The van der Waals surface area contributed by atoms with Crippen LogP contribution < -0.4 is 11.1 Å². The first kappa shape index (κ1) is 16.5. The second-order valence-corrected chi connectivity index (χ2v) is 4.60. The second kappa shape index (κ2) is 7.90. The molecular weight excluding hydrogens is 295 g/mol. The van der Waals surface area contributed by atoms with E-state index in [4.69, 9.17) is 17.3 Å². The maximum atomic E-state index is 11.6. The van der Waals surface area contributed by atoms with E-state index in [0.29, 0.717) is 5.02 Å². The van der Waals surface area contributed by atoms with E-state index in [-0.39, 0.29) is 30.9 Å². The van der Waals surface area contributed by atoms with Gasteiger partial charge in [-0.1, -0.05) is 54.1 Å². The predicted molar refractivity (Wildman–Crippen MR) is 84.2 cm³/mol. The molecule has 0 saturated carbocycles. The van der Waals surface area contributed by atoms with Gasteiger partial charge in [-0.3, -0.25) is 4.79 Å². The number of hydrogen-bond acceptors (Lipinski definition) is 2. The van der Waals surface area contributed by atoms with Gasteiger partial charge < -0.3 is 11.1 Å². The minimum atomic E-state index is -0.213. The summed E-state index contributed by atoms with van der Waals surface area (Å²) in [6, 6.07) is 16.9. The second-order valence-electron chi connectivity index (χ2n) is 4.17. The first-order valence-electron chi connectivity index (χ1n) is 6.00. The van der Waals surface area contributed by atoms with Crippen molar-refractivity contribution in [1.82, 2.24) is 5.32 Å². The van der Waals surface area contributed by atoms with Crippen molar-refractivity contribution in [2.24, 2.45) is 5.73 Å². The highest BCUT2D eigenvalue weighted by Crippen LogP contribution is 2.23. The van der Waals surface area contributed by atoms with Gasteiger partial charge in [-0.15, -0.1) is 12.4 Å². The Balaban J connectivity index is 0.00000200. The molecule has 1 unspecified atom stereocenters. The fraction of sp³-hybridized carbons (Fsp3) is 0.133. The van der Waals surface area contributed by atoms with Crippen molar-refractivity contribution in [2.45, 2.75) is 6.04 Å². The minimum Gasteiger partial charge on any atom is -0.344 e. The molecule has 1 amide bonds. The van der Waals surface area contributed by atoms with Gasteiger partial charge >= 0.3 is 0 Å². The molecule has 0 aliphatic heterocycles. The SMILES string of the molecule is Cl.NCC(=O)NC(c1ccccc1)c1ccc(Cl)cc1. The fourth-order valence-corrected chi connectivity index (χ4v) is 2.01. The first-order valence-corrected chi connectivity index (χ1v) is 6.38. The Morgan fingerprint density at radius 1 is 1.05 bits per heavy atom. The number of carbonyl (C=O) groups is 1. The first-order chi connectivity index (χ1) is 9.20. The summed E-state index contributed by atoms with van der Waals surface area (Å²) in [6.45, 7) is -0.0308. The number of nitrogens with two attached hydrogens (primary N) is 1. The van der Waals surface area contributed by atoms with Crippen molar-refractivity contribution in [1.29, 1.82) is 0 Å². The quantitative estimate of drug-likeness (QED) is 0.912. The number of hydrogen-bond donors (Lipinski definition) is 2. The van der Waals surface area contributed by atoms with E-state index < -0.39 is 0 Å². The molecule has 3 nitrogen and oxygen atoms in total. The molecule has 1 atom stereocenters. The van der Waals surface area contributed by atoms with Crippen LogP contribution in [-0.2, 0) is 4.79 Å². The molecule has 0 fully saturated rings. The van der Waals surface area contributed by atoms with Crippen LogP contribution in [0.5, 0.6) is 0 Å². The maximum absolute atomic E-state index is 11.6. The Kier molecular flexibility index (Phi) is 6.52. The number of nitrogens with one attached hydrogen (secondary N) is 1. The zero-order valence-corrected chi connectivity index (χ0v) is 12.3. The Bertz CT molecular complexity index is 544. The molecule has 2 rings (SSSR count). The Morgan fingerprint density at radius 3 is 2.15 bits per heavy atom. The van der Waals surface area contributed by atoms with E-state index in [1.807, 2.05) is 42.5 Å². The van der Waals surface area contributed by atoms with Crippen LogP contribution in [0.15, 0.2) is 54.6 Å². The topological polar surface area (TPSA) is 55.1 Å². The standard InChI is InChI=1S/C15H15ClN2O.ClH/c16-13-8-6-12(7-9-13)15(18-14(19)10-17)11-4-2-1-3-5-11;/h1-9,15H,10,17H2,(H,18,19);1H. The maximum Gasteiger partial charge on any atom is 0.234 e. The van der Waals surface area contributed by atoms with Gasteiger partial charge in [-0.25, -0.2) is 0 Å². The third-order valence-corrected chi connectivity index (χ3v) is 3.08. The van der Waals surface area contributed by atoms with Crippen LogP contribution in [0.4, 0.5) is 0 Å². The fourth-order valence-electron chi connectivity index (χ4n) is 1.88. The van der Waals surface area contributed by atoms with E-state index in [0.717, 1.165) is 11.1 Å². The van der Waals surface area contributed by atoms with E-state index in [1.165, 1.54) is 0 Å². The molecule has 2 aromatic rings. The summed E-state index contributed by atoms with van der Waals surface area (Å²) in [6.07, 6.45) is 0. The summed E-state index contributed by atoms with van der Waals surface area (Å²) < 4.78 is 0. The number of amides is 1. The van der Waals surface area contributed by atoms with Crippen molar-refractivity contribution < 1.29 is 4.79 Å². The molecule has 2 aromatic carbocycles. The van der Waals surface area contributed by atoms with Crippen molar-refractivity contribution in [2.75, 3.05) is 6.54 Å². The zero-order chi connectivity index (χ0) is 13.7. The summed E-state index contributed by atoms with van der Waals surface area (Å²) in [5, 5.41) is 3.58. The Hall–Kier alpha value is -1.55. The van der Waals surface area contributed by atoms with E-state index >= 15 is 0 Å². The molecule has 0 spiro atoms. The van der Waals surface area contributed by atoms with Crippen LogP contribution in [0.1, 0.15) is 17.2 Å². The number of halogens is 2. The third kappa shape index (κ3) is 4.23. The van der Waals surface area contributed by atoms with Crippen LogP contribution in [0.2, 0.25) is 5.02 Å². The number of benzene rings is 2. The molecule has 20 heavy (non-hydrogen) atoms. The molecule has 0 bridgehead atoms.